The Morgan fingerprint density at radius 2 is 1.95 bits per heavy atom. The molecule has 1 N–H and O–H groups in total. The van der Waals surface area contributed by atoms with Crippen LogP contribution < -0.4 is 5.32 Å². The fourth-order valence-electron chi connectivity index (χ4n) is 4.72. The summed E-state index contributed by atoms with van der Waals surface area (Å²) in [5, 5.41) is 3.50. The molecule has 3 nitrogen and oxygen atoms in total. The number of rotatable bonds is 1. The summed E-state index contributed by atoms with van der Waals surface area (Å²) in [5.41, 5.74) is 3.32. The number of piperidine rings is 1. The maximum atomic E-state index is 12.2. The van der Waals surface area contributed by atoms with Crippen molar-refractivity contribution in [2.24, 2.45) is 0 Å². The van der Waals surface area contributed by atoms with Crippen molar-refractivity contribution in [1.29, 1.82) is 0 Å². The van der Waals surface area contributed by atoms with Gasteiger partial charge in [0.15, 0.2) is 0 Å². The minimum atomic E-state index is 0.330. The lowest BCUT2D eigenvalue weighted by molar-refractivity contribution is -0.130. The molecule has 3 aliphatic rings. The Morgan fingerprint density at radius 1 is 1.14 bits per heavy atom. The van der Waals surface area contributed by atoms with Crippen molar-refractivity contribution in [3.05, 3.63) is 35.4 Å². The summed E-state index contributed by atoms with van der Waals surface area (Å²) in [6.45, 7) is 3.20. The van der Waals surface area contributed by atoms with Crippen LogP contribution in [0.15, 0.2) is 24.3 Å². The number of amides is 1. The predicted octanol–water partition coefficient (Wildman–Crippen LogP) is 2.77. The molecule has 2 saturated heterocycles. The number of hydrogen-bond donors (Lipinski definition) is 1. The molecule has 1 spiro atoms. The highest BCUT2D eigenvalue weighted by molar-refractivity contribution is 5.78. The summed E-state index contributed by atoms with van der Waals surface area (Å²) < 4.78 is 0. The summed E-state index contributed by atoms with van der Waals surface area (Å²) in [6, 6.07) is 9.25. The SMILES string of the molecule is O=C1CCCN1C1CCC2(CCNCC2)c2ccccc21. The molecule has 1 aromatic rings. The molecule has 4 rings (SSSR count). The molecular weight excluding hydrogens is 260 g/mol. The van der Waals surface area contributed by atoms with Crippen LogP contribution in [-0.4, -0.2) is 30.4 Å². The number of likely N-dealkylation sites (tertiary alicyclic amines) is 1. The van der Waals surface area contributed by atoms with E-state index >= 15 is 0 Å². The summed E-state index contributed by atoms with van der Waals surface area (Å²) >= 11 is 0. The van der Waals surface area contributed by atoms with Crippen molar-refractivity contribution < 1.29 is 4.79 Å². The topological polar surface area (TPSA) is 32.3 Å². The van der Waals surface area contributed by atoms with Gasteiger partial charge in [0.2, 0.25) is 5.91 Å². The van der Waals surface area contributed by atoms with Gasteiger partial charge < -0.3 is 10.2 Å². The first kappa shape index (κ1) is 13.3. The van der Waals surface area contributed by atoms with Crippen molar-refractivity contribution >= 4 is 5.91 Å². The third kappa shape index (κ3) is 2.10. The van der Waals surface area contributed by atoms with Gasteiger partial charge in [-0.1, -0.05) is 24.3 Å². The predicted molar refractivity (Wildman–Crippen MR) is 83.1 cm³/mol. The Morgan fingerprint density at radius 3 is 2.71 bits per heavy atom. The second-order valence-electron chi connectivity index (χ2n) is 6.86. The fourth-order valence-corrected chi connectivity index (χ4v) is 4.72. The first-order chi connectivity index (χ1) is 10.3. The lowest BCUT2D eigenvalue weighted by Gasteiger charge is -2.46. The summed E-state index contributed by atoms with van der Waals surface area (Å²) in [7, 11) is 0. The average Bonchev–Trinajstić information content (AvgIpc) is 2.95. The van der Waals surface area contributed by atoms with E-state index in [0.717, 1.165) is 38.9 Å². The second-order valence-corrected chi connectivity index (χ2v) is 6.86. The Kier molecular flexibility index (Phi) is 3.26. The quantitative estimate of drug-likeness (QED) is 0.860. The van der Waals surface area contributed by atoms with Gasteiger partial charge in [0.1, 0.15) is 0 Å². The Balaban J connectivity index is 1.73. The summed E-state index contributed by atoms with van der Waals surface area (Å²) in [6.07, 6.45) is 6.64. The number of hydrogen-bond acceptors (Lipinski definition) is 2. The third-order valence-electron chi connectivity index (χ3n) is 5.83. The zero-order chi connectivity index (χ0) is 14.3. The molecule has 0 radical (unpaired) electrons. The van der Waals surface area contributed by atoms with Gasteiger partial charge in [-0.15, -0.1) is 0 Å². The molecular formula is C18H24N2O. The number of fused-ring (bicyclic) bond motifs is 2. The second kappa shape index (κ2) is 5.13. The molecule has 0 saturated carbocycles. The van der Waals surface area contributed by atoms with E-state index in [-0.39, 0.29) is 0 Å². The van der Waals surface area contributed by atoms with Gasteiger partial charge in [-0.3, -0.25) is 4.79 Å². The van der Waals surface area contributed by atoms with Crippen LogP contribution in [0.25, 0.3) is 0 Å². The molecule has 1 amide bonds. The van der Waals surface area contributed by atoms with E-state index in [9.17, 15) is 4.79 Å². The third-order valence-corrected chi connectivity index (χ3v) is 5.83. The van der Waals surface area contributed by atoms with Crippen LogP contribution in [0.4, 0.5) is 0 Å². The van der Waals surface area contributed by atoms with Gasteiger partial charge in [0.05, 0.1) is 6.04 Å². The van der Waals surface area contributed by atoms with Gasteiger partial charge in [-0.25, -0.2) is 0 Å². The number of carbonyl (C=O) groups excluding carboxylic acids is 1. The Hall–Kier alpha value is -1.35. The zero-order valence-corrected chi connectivity index (χ0v) is 12.6. The van der Waals surface area contributed by atoms with Crippen LogP contribution in [0.3, 0.4) is 0 Å². The normalized spacial score (nSPS) is 27.9. The van der Waals surface area contributed by atoms with E-state index in [2.05, 4.69) is 34.5 Å². The van der Waals surface area contributed by atoms with Gasteiger partial charge in [0.25, 0.3) is 0 Å². The zero-order valence-electron chi connectivity index (χ0n) is 12.6. The monoisotopic (exact) mass is 284 g/mol. The molecule has 2 fully saturated rings. The molecule has 0 aromatic heterocycles. The fraction of sp³-hybridized carbons (Fsp3) is 0.611. The molecule has 2 heterocycles. The van der Waals surface area contributed by atoms with Gasteiger partial charge in [0, 0.05) is 13.0 Å². The molecule has 112 valence electrons. The highest BCUT2D eigenvalue weighted by Crippen LogP contribution is 2.49. The van der Waals surface area contributed by atoms with Crippen molar-refractivity contribution in [3.63, 3.8) is 0 Å². The van der Waals surface area contributed by atoms with Gasteiger partial charge in [-0.05, 0) is 61.7 Å². The number of carbonyl (C=O) groups is 1. The number of nitrogens with zero attached hydrogens (tertiary/aromatic N) is 1. The Bertz CT molecular complexity index is 548. The first-order valence-electron chi connectivity index (χ1n) is 8.40. The van der Waals surface area contributed by atoms with Crippen LogP contribution in [0, 0.1) is 0 Å². The van der Waals surface area contributed by atoms with E-state index in [0.29, 0.717) is 17.4 Å². The molecule has 2 aliphatic heterocycles. The molecule has 0 bridgehead atoms. The largest absolute Gasteiger partial charge is 0.336 e. The first-order valence-corrected chi connectivity index (χ1v) is 8.40. The summed E-state index contributed by atoms with van der Waals surface area (Å²) in [5.74, 6) is 0.357. The lowest BCUT2D eigenvalue weighted by Crippen LogP contribution is -2.45. The van der Waals surface area contributed by atoms with Crippen molar-refractivity contribution in [2.75, 3.05) is 19.6 Å². The van der Waals surface area contributed by atoms with E-state index in [1.54, 1.807) is 0 Å². The van der Waals surface area contributed by atoms with Gasteiger partial charge in [-0.2, -0.15) is 0 Å². The van der Waals surface area contributed by atoms with E-state index in [1.807, 2.05) is 0 Å². The maximum Gasteiger partial charge on any atom is 0.223 e. The van der Waals surface area contributed by atoms with Crippen molar-refractivity contribution in [2.45, 2.75) is 50.0 Å². The van der Waals surface area contributed by atoms with E-state index < -0.39 is 0 Å². The van der Waals surface area contributed by atoms with E-state index in [4.69, 9.17) is 0 Å². The molecule has 1 aliphatic carbocycles. The maximum absolute atomic E-state index is 12.2. The number of benzene rings is 1. The Labute approximate surface area is 126 Å². The molecule has 3 heteroatoms. The lowest BCUT2D eigenvalue weighted by atomic mass is 9.63. The number of nitrogens with one attached hydrogen (secondary N) is 1. The standard InChI is InChI=1S/C18H24N2O/c21-17-6-3-13-20(17)16-7-8-18(9-11-19-12-10-18)15-5-2-1-4-14(15)16/h1-2,4-5,16,19H,3,6-13H2. The van der Waals surface area contributed by atoms with Gasteiger partial charge >= 0.3 is 0 Å². The average molecular weight is 284 g/mol. The summed E-state index contributed by atoms with van der Waals surface area (Å²) in [4.78, 5) is 14.3. The van der Waals surface area contributed by atoms with Crippen LogP contribution >= 0.6 is 0 Å². The minimum Gasteiger partial charge on any atom is -0.336 e. The van der Waals surface area contributed by atoms with Crippen LogP contribution in [-0.2, 0) is 10.2 Å². The molecule has 1 aromatic carbocycles. The van der Waals surface area contributed by atoms with Crippen LogP contribution in [0.1, 0.15) is 55.7 Å². The minimum absolute atomic E-state index is 0.330. The smallest absolute Gasteiger partial charge is 0.223 e. The van der Waals surface area contributed by atoms with Crippen LogP contribution in [0.5, 0.6) is 0 Å². The van der Waals surface area contributed by atoms with Crippen molar-refractivity contribution in [3.8, 4) is 0 Å². The highest BCUT2D eigenvalue weighted by atomic mass is 16.2. The highest BCUT2D eigenvalue weighted by Gasteiger charge is 2.43. The molecule has 21 heavy (non-hydrogen) atoms. The van der Waals surface area contributed by atoms with E-state index in [1.165, 1.54) is 30.4 Å². The molecule has 1 unspecified atom stereocenters. The van der Waals surface area contributed by atoms with Crippen molar-refractivity contribution in [1.82, 2.24) is 10.2 Å². The van der Waals surface area contributed by atoms with Crippen LogP contribution in [0.2, 0.25) is 0 Å². The molecule has 1 atom stereocenters.